The zero-order valence-electron chi connectivity index (χ0n) is 23.6. The Morgan fingerprint density at radius 2 is 1.18 bits per heavy atom. The van der Waals surface area contributed by atoms with E-state index in [1.54, 1.807) is 0 Å². The molecule has 0 spiro atoms. The van der Waals surface area contributed by atoms with Crippen molar-refractivity contribution in [1.29, 1.82) is 0 Å². The highest BCUT2D eigenvalue weighted by molar-refractivity contribution is 5.02. The van der Waals surface area contributed by atoms with Crippen LogP contribution in [-0.4, -0.2) is 172 Å². The van der Waals surface area contributed by atoms with Gasteiger partial charge in [0.15, 0.2) is 18.9 Å². The van der Waals surface area contributed by atoms with Gasteiger partial charge in [-0.25, -0.2) is 0 Å². The highest BCUT2D eigenvalue weighted by Gasteiger charge is 2.54. The summed E-state index contributed by atoms with van der Waals surface area (Å²) in [5, 5.41) is 76.6. The molecule has 0 amide bonds. The van der Waals surface area contributed by atoms with Gasteiger partial charge in [0.2, 0.25) is 0 Å². The fourth-order valence-corrected chi connectivity index (χ4v) is 5.82. The van der Waals surface area contributed by atoms with Gasteiger partial charge >= 0.3 is 0 Å². The molecule has 1 unspecified atom stereocenters. The highest BCUT2D eigenvalue weighted by atomic mass is 16.8. The first-order valence-corrected chi connectivity index (χ1v) is 14.2. The number of rotatable bonds is 10. The second kappa shape index (κ2) is 15.0. The van der Waals surface area contributed by atoms with E-state index in [0.29, 0.717) is 0 Å². The lowest BCUT2D eigenvalue weighted by Gasteiger charge is -2.47. The van der Waals surface area contributed by atoms with Gasteiger partial charge in [0, 0.05) is 23.5 Å². The zero-order valence-corrected chi connectivity index (χ0v) is 23.6. The number of aliphatic hydroxyl groups is 7. The molecule has 21 heteroatoms. The van der Waals surface area contributed by atoms with Gasteiger partial charge in [0.25, 0.3) is 0 Å². The van der Waals surface area contributed by atoms with E-state index in [9.17, 15) is 35.7 Å². The summed E-state index contributed by atoms with van der Waals surface area (Å²) >= 11 is 0. The van der Waals surface area contributed by atoms with Crippen LogP contribution in [0.1, 0.15) is 6.42 Å². The Morgan fingerprint density at radius 3 is 1.75 bits per heavy atom. The molecule has 4 aliphatic rings. The van der Waals surface area contributed by atoms with Gasteiger partial charge in [-0.15, -0.1) is 0 Å². The molecule has 0 aromatic rings. The molecule has 1 saturated carbocycles. The minimum absolute atomic E-state index is 0.0698. The van der Waals surface area contributed by atoms with Crippen molar-refractivity contribution in [2.45, 2.75) is 123 Å². The summed E-state index contributed by atoms with van der Waals surface area (Å²) < 4.78 is 34.6. The minimum Gasteiger partial charge on any atom is -0.394 e. The quantitative estimate of drug-likeness (QED) is 0.0599. The maximum atomic E-state index is 11.2. The Morgan fingerprint density at radius 1 is 0.659 bits per heavy atom. The lowest BCUT2D eigenvalue weighted by atomic mass is 9.84. The largest absolute Gasteiger partial charge is 0.394 e. The molecule has 0 aromatic heterocycles. The molecular weight excluding hydrogens is 596 g/mol. The van der Waals surface area contributed by atoms with Crippen LogP contribution in [0.5, 0.6) is 0 Å². The smallest absolute Gasteiger partial charge is 0.187 e. The third kappa shape index (κ3) is 7.11. The highest BCUT2D eigenvalue weighted by Crippen LogP contribution is 2.34. The predicted octanol–water partition coefficient (Wildman–Crippen LogP) is -7.54. The van der Waals surface area contributed by atoms with E-state index in [-0.39, 0.29) is 19.5 Å². The first-order valence-electron chi connectivity index (χ1n) is 14.2. The van der Waals surface area contributed by atoms with Crippen LogP contribution in [0.2, 0.25) is 0 Å². The van der Waals surface area contributed by atoms with Crippen molar-refractivity contribution in [1.82, 2.24) is 0 Å². The molecule has 0 aromatic carbocycles. The summed E-state index contributed by atoms with van der Waals surface area (Å²) in [7, 11) is 0. The first-order chi connectivity index (χ1) is 20.8. The Balaban J connectivity index is 1.50. The standard InChI is InChI=1S/C23H44N8O13/c24-2-7-13(34)15(36)10(27)21(39-7)42-18-6(26)1-5(25)12(33)20(18)44-23-17(38)19(9(4-32)41-23)43-22-11(28)16(37)14(35)8(40-22)3-30-31-29/h5-23,32-38H,1-4,24-28H2/t5-,6+,7-,8?,9-,10-,11-,12+,13-,14-,15-,16-,17-,18-,19-,20-,21+,22-,23+/m1/s1. The molecule has 0 radical (unpaired) electrons. The molecule has 1 aliphatic carbocycles. The Bertz CT molecular complexity index is 986. The van der Waals surface area contributed by atoms with Crippen molar-refractivity contribution in [3.8, 4) is 0 Å². The summed E-state index contributed by atoms with van der Waals surface area (Å²) in [5.74, 6) is 0. The average molecular weight is 641 g/mol. The molecule has 3 aliphatic heterocycles. The van der Waals surface area contributed by atoms with Crippen molar-refractivity contribution >= 4 is 0 Å². The van der Waals surface area contributed by atoms with Crippen LogP contribution in [0, 0.1) is 0 Å². The van der Waals surface area contributed by atoms with Crippen molar-refractivity contribution in [3.05, 3.63) is 10.4 Å². The van der Waals surface area contributed by atoms with E-state index in [4.69, 9.17) is 62.6 Å². The molecular formula is C23H44N8O13. The molecule has 21 nitrogen and oxygen atoms in total. The summed E-state index contributed by atoms with van der Waals surface area (Å²) in [6.07, 6.45) is -20.7. The SMILES string of the molecule is [N-]=[N+]=NCC1O[C@H](O[C@H]2[C@@H](O)[C@H](O[C@@H]3[C@@H](O)[C@H](N)C[C@H](N)[C@H]3O[C@@H]3O[C@H](CN)[C@@H](O)[C@H](O)[C@H]3N)O[C@@H]2CO)[C@H](N)[C@@H](O)[C@@H]1O. The van der Waals surface area contributed by atoms with E-state index in [2.05, 4.69) is 10.0 Å². The fourth-order valence-electron chi connectivity index (χ4n) is 5.82. The lowest BCUT2D eigenvalue weighted by molar-refractivity contribution is -0.306. The van der Waals surface area contributed by atoms with E-state index in [0.717, 1.165) is 0 Å². The number of nitrogens with two attached hydrogens (primary N) is 5. The number of ether oxygens (including phenoxy) is 6. The van der Waals surface area contributed by atoms with Crippen molar-refractivity contribution in [3.63, 3.8) is 0 Å². The number of aliphatic hydroxyl groups excluding tert-OH is 7. The van der Waals surface area contributed by atoms with Crippen LogP contribution in [-0.2, 0) is 28.4 Å². The maximum Gasteiger partial charge on any atom is 0.187 e. The second-order valence-electron chi connectivity index (χ2n) is 11.4. The third-order valence-corrected chi connectivity index (χ3v) is 8.46. The molecule has 0 bridgehead atoms. The van der Waals surface area contributed by atoms with Gasteiger partial charge in [0.05, 0.1) is 37.4 Å². The molecule has 4 fully saturated rings. The van der Waals surface area contributed by atoms with Crippen molar-refractivity contribution in [2.75, 3.05) is 19.7 Å². The van der Waals surface area contributed by atoms with Crippen LogP contribution in [0.3, 0.4) is 0 Å². The maximum absolute atomic E-state index is 11.2. The third-order valence-electron chi connectivity index (χ3n) is 8.46. The van der Waals surface area contributed by atoms with Gasteiger partial charge in [0.1, 0.15) is 61.0 Å². The monoisotopic (exact) mass is 640 g/mol. The van der Waals surface area contributed by atoms with Crippen LogP contribution in [0.4, 0.5) is 0 Å². The van der Waals surface area contributed by atoms with Crippen LogP contribution in [0.15, 0.2) is 5.11 Å². The number of hydrogen-bond donors (Lipinski definition) is 12. The normalized spacial score (nSPS) is 51.6. The number of nitrogens with zero attached hydrogens (tertiary/aromatic N) is 3. The molecule has 3 heterocycles. The van der Waals surface area contributed by atoms with E-state index < -0.39 is 123 Å². The fraction of sp³-hybridized carbons (Fsp3) is 1.00. The number of hydrogen-bond acceptors (Lipinski definition) is 19. The molecule has 254 valence electrons. The first kappa shape index (κ1) is 35.4. The lowest BCUT2D eigenvalue weighted by Crippen LogP contribution is -2.68. The average Bonchev–Trinajstić information content (AvgIpc) is 3.30. The van der Waals surface area contributed by atoms with E-state index in [1.807, 2.05) is 0 Å². The van der Waals surface area contributed by atoms with Gasteiger partial charge in [-0.1, -0.05) is 5.11 Å². The molecule has 3 saturated heterocycles. The number of azide groups is 1. The van der Waals surface area contributed by atoms with Crippen LogP contribution in [0.25, 0.3) is 10.4 Å². The minimum atomic E-state index is -1.66. The molecule has 17 N–H and O–H groups in total. The molecule has 44 heavy (non-hydrogen) atoms. The zero-order chi connectivity index (χ0) is 32.5. The van der Waals surface area contributed by atoms with Crippen LogP contribution >= 0.6 is 0 Å². The summed E-state index contributed by atoms with van der Waals surface area (Å²) in [4.78, 5) is 2.60. The van der Waals surface area contributed by atoms with Gasteiger partial charge in [-0.05, 0) is 12.0 Å². The van der Waals surface area contributed by atoms with Gasteiger partial charge in [-0.2, -0.15) is 0 Å². The molecule has 4 rings (SSSR count). The topological polar surface area (TPSA) is 376 Å². The van der Waals surface area contributed by atoms with Crippen molar-refractivity contribution in [2.24, 2.45) is 33.8 Å². The second-order valence-corrected chi connectivity index (χ2v) is 11.4. The Hall–Kier alpha value is -1.41. The Labute approximate surface area is 251 Å². The summed E-state index contributed by atoms with van der Waals surface area (Å²) in [6.45, 7) is -1.22. The molecule has 19 atom stereocenters. The predicted molar refractivity (Wildman–Crippen MR) is 143 cm³/mol. The van der Waals surface area contributed by atoms with E-state index >= 15 is 0 Å². The van der Waals surface area contributed by atoms with Gasteiger partial charge < -0.3 is 92.8 Å². The van der Waals surface area contributed by atoms with Crippen LogP contribution < -0.4 is 28.7 Å². The van der Waals surface area contributed by atoms with E-state index in [1.165, 1.54) is 0 Å². The van der Waals surface area contributed by atoms with Gasteiger partial charge in [-0.3, -0.25) is 0 Å². The summed E-state index contributed by atoms with van der Waals surface area (Å²) in [5.41, 5.74) is 38.7. The summed E-state index contributed by atoms with van der Waals surface area (Å²) in [6, 6.07) is -4.33. The Kier molecular flexibility index (Phi) is 12.1. The van der Waals surface area contributed by atoms with Crippen molar-refractivity contribution < 1.29 is 64.2 Å².